The highest BCUT2D eigenvalue weighted by Gasteiger charge is 2.15. The fourth-order valence-corrected chi connectivity index (χ4v) is 1.76. The van der Waals surface area contributed by atoms with Crippen molar-refractivity contribution in [1.82, 2.24) is 15.1 Å². The van der Waals surface area contributed by atoms with Crippen LogP contribution in [0.5, 0.6) is 0 Å². The first kappa shape index (κ1) is 13.7. The van der Waals surface area contributed by atoms with Gasteiger partial charge in [0.05, 0.1) is 5.69 Å². The Morgan fingerprint density at radius 1 is 1.25 bits per heavy atom. The van der Waals surface area contributed by atoms with Gasteiger partial charge >= 0.3 is 0 Å². The van der Waals surface area contributed by atoms with Crippen LogP contribution in [0.2, 0.25) is 0 Å². The van der Waals surface area contributed by atoms with Crippen LogP contribution >= 0.6 is 0 Å². The van der Waals surface area contributed by atoms with E-state index in [1.165, 1.54) is 10.7 Å². The Labute approximate surface area is 116 Å². The highest BCUT2D eigenvalue weighted by molar-refractivity contribution is 6.06. The molecule has 0 fully saturated rings. The largest absolute Gasteiger partial charge is 0.394 e. The van der Waals surface area contributed by atoms with Crippen LogP contribution in [0.3, 0.4) is 0 Å². The average molecular weight is 269 g/mol. The number of carbonyl (C=O) groups excluding carboxylic acids is 1. The number of nitrogens with one attached hydrogen (secondary N) is 1. The molecule has 0 aliphatic carbocycles. The summed E-state index contributed by atoms with van der Waals surface area (Å²) in [5, 5.41) is 6.90. The average Bonchev–Trinajstić information content (AvgIpc) is 2.48. The molecule has 5 heteroatoms. The minimum Gasteiger partial charge on any atom is -0.394 e. The predicted octanol–water partition coefficient (Wildman–Crippen LogP) is 1.54. The molecule has 1 aromatic heterocycles. The normalized spacial score (nSPS) is 11.2. The Morgan fingerprint density at radius 2 is 1.95 bits per heavy atom. The van der Waals surface area contributed by atoms with E-state index >= 15 is 0 Å². The molecule has 2 aromatic rings. The molecule has 5 nitrogen and oxygen atoms in total. The van der Waals surface area contributed by atoms with Crippen LogP contribution in [-0.4, -0.2) is 22.6 Å². The number of rotatable bonds is 4. The molecule has 0 aliphatic rings. The number of nitrogens with zero attached hydrogens (tertiary/aromatic N) is 2. The highest BCUT2D eigenvalue weighted by Crippen LogP contribution is 2.06. The van der Waals surface area contributed by atoms with E-state index in [9.17, 15) is 9.59 Å². The molecule has 0 spiro atoms. The summed E-state index contributed by atoms with van der Waals surface area (Å²) in [5.41, 5.74) is 0.756. The third kappa shape index (κ3) is 2.83. The number of benzene rings is 1. The summed E-state index contributed by atoms with van der Waals surface area (Å²) in [6, 6.07) is 10.7. The van der Waals surface area contributed by atoms with Gasteiger partial charge in [0.1, 0.15) is 0 Å². The molecule has 0 radical (unpaired) electrons. The van der Waals surface area contributed by atoms with E-state index in [1.54, 1.807) is 26.4 Å². The van der Waals surface area contributed by atoms with Gasteiger partial charge in [-0.25, -0.2) is 4.68 Å². The van der Waals surface area contributed by atoms with Gasteiger partial charge in [0.25, 0.3) is 0 Å². The minimum atomic E-state index is -0.383. The quantitative estimate of drug-likeness (QED) is 0.675. The van der Waals surface area contributed by atoms with E-state index < -0.39 is 0 Å². The standard InChI is InChI=1S/C15H15N3O2/c1-11(10-16-2)15(20)14-13(19)8-9-18(17-14)12-6-4-3-5-7-12/h3-10,16H,1-2H3/b11-10+. The van der Waals surface area contributed by atoms with Crippen molar-refractivity contribution in [3.63, 3.8) is 0 Å². The van der Waals surface area contributed by atoms with Crippen molar-refractivity contribution in [2.45, 2.75) is 6.92 Å². The molecule has 0 amide bonds. The fourth-order valence-electron chi connectivity index (χ4n) is 1.76. The summed E-state index contributed by atoms with van der Waals surface area (Å²) in [7, 11) is 1.69. The number of para-hydroxylation sites is 1. The van der Waals surface area contributed by atoms with Gasteiger partial charge in [0, 0.05) is 31.1 Å². The molecule has 1 heterocycles. The summed E-state index contributed by atoms with van der Waals surface area (Å²) < 4.78 is 1.52. The molecule has 2 rings (SSSR count). The Kier molecular flexibility index (Phi) is 4.10. The van der Waals surface area contributed by atoms with Crippen LogP contribution in [0.1, 0.15) is 17.4 Å². The van der Waals surface area contributed by atoms with Gasteiger partial charge in [-0.05, 0) is 19.1 Å². The van der Waals surface area contributed by atoms with E-state index in [2.05, 4.69) is 10.4 Å². The van der Waals surface area contributed by atoms with E-state index in [0.717, 1.165) is 5.69 Å². The van der Waals surface area contributed by atoms with Gasteiger partial charge < -0.3 is 5.32 Å². The Morgan fingerprint density at radius 3 is 2.60 bits per heavy atom. The molecule has 0 saturated carbocycles. The second kappa shape index (κ2) is 5.97. The molecule has 0 atom stereocenters. The fraction of sp³-hybridized carbons (Fsp3) is 0.133. The third-order valence-electron chi connectivity index (χ3n) is 2.76. The van der Waals surface area contributed by atoms with Gasteiger partial charge in [0.2, 0.25) is 11.2 Å². The molecule has 0 aliphatic heterocycles. The van der Waals surface area contributed by atoms with Crippen molar-refractivity contribution in [2.75, 3.05) is 7.05 Å². The van der Waals surface area contributed by atoms with Gasteiger partial charge in [-0.2, -0.15) is 5.10 Å². The zero-order chi connectivity index (χ0) is 14.5. The molecule has 1 aromatic carbocycles. The Balaban J connectivity index is 2.48. The predicted molar refractivity (Wildman–Crippen MR) is 77.0 cm³/mol. The first-order valence-electron chi connectivity index (χ1n) is 6.17. The lowest BCUT2D eigenvalue weighted by Crippen LogP contribution is -2.21. The van der Waals surface area contributed by atoms with Crippen molar-refractivity contribution in [3.05, 3.63) is 70.3 Å². The van der Waals surface area contributed by atoms with Crippen molar-refractivity contribution in [1.29, 1.82) is 0 Å². The topological polar surface area (TPSA) is 64.0 Å². The van der Waals surface area contributed by atoms with Gasteiger partial charge in [-0.15, -0.1) is 0 Å². The first-order chi connectivity index (χ1) is 9.63. The lowest BCUT2D eigenvalue weighted by atomic mass is 10.1. The van der Waals surface area contributed by atoms with Crippen LogP contribution < -0.4 is 10.7 Å². The molecular formula is C15H15N3O2. The molecule has 102 valence electrons. The van der Waals surface area contributed by atoms with Crippen LogP contribution in [0.4, 0.5) is 0 Å². The van der Waals surface area contributed by atoms with E-state index in [0.29, 0.717) is 5.57 Å². The number of carbonyl (C=O) groups is 1. The first-order valence-corrected chi connectivity index (χ1v) is 6.17. The maximum absolute atomic E-state index is 12.2. The molecule has 0 bridgehead atoms. The molecule has 0 unspecified atom stereocenters. The lowest BCUT2D eigenvalue weighted by molar-refractivity contribution is 0.102. The Bertz CT molecular complexity index is 703. The highest BCUT2D eigenvalue weighted by atomic mass is 16.1. The number of hydrogen-bond donors (Lipinski definition) is 1. The van der Waals surface area contributed by atoms with E-state index in [4.69, 9.17) is 0 Å². The van der Waals surface area contributed by atoms with Crippen LogP contribution in [-0.2, 0) is 0 Å². The van der Waals surface area contributed by atoms with Gasteiger partial charge in [-0.1, -0.05) is 18.2 Å². The van der Waals surface area contributed by atoms with Crippen molar-refractivity contribution < 1.29 is 4.79 Å². The second-order valence-electron chi connectivity index (χ2n) is 4.25. The zero-order valence-electron chi connectivity index (χ0n) is 11.3. The van der Waals surface area contributed by atoms with E-state index in [1.807, 2.05) is 30.3 Å². The summed E-state index contributed by atoms with van der Waals surface area (Å²) >= 11 is 0. The number of ketones is 1. The Hall–Kier alpha value is -2.69. The van der Waals surface area contributed by atoms with E-state index in [-0.39, 0.29) is 16.9 Å². The number of hydrogen-bond acceptors (Lipinski definition) is 4. The summed E-state index contributed by atoms with van der Waals surface area (Å²) in [6.45, 7) is 1.64. The SMILES string of the molecule is CN/C=C(\C)C(=O)c1nn(-c2ccccc2)ccc1=O. The number of allylic oxidation sites excluding steroid dienone is 1. The maximum Gasteiger partial charge on any atom is 0.214 e. The smallest absolute Gasteiger partial charge is 0.214 e. The third-order valence-corrected chi connectivity index (χ3v) is 2.76. The summed E-state index contributed by atoms with van der Waals surface area (Å²) in [5.74, 6) is -0.380. The second-order valence-corrected chi connectivity index (χ2v) is 4.25. The van der Waals surface area contributed by atoms with Crippen molar-refractivity contribution in [2.24, 2.45) is 0 Å². The maximum atomic E-state index is 12.2. The molecule has 0 saturated heterocycles. The van der Waals surface area contributed by atoms with Crippen LogP contribution in [0, 0.1) is 0 Å². The van der Waals surface area contributed by atoms with Crippen LogP contribution in [0.15, 0.2) is 59.2 Å². The van der Waals surface area contributed by atoms with Gasteiger partial charge in [0.15, 0.2) is 5.69 Å². The number of Topliss-reactive ketones (excluding diaryl/α,β-unsaturated/α-hetero) is 1. The lowest BCUT2D eigenvalue weighted by Gasteiger charge is -2.06. The molecular weight excluding hydrogens is 254 g/mol. The van der Waals surface area contributed by atoms with Gasteiger partial charge in [-0.3, -0.25) is 9.59 Å². The molecule has 20 heavy (non-hydrogen) atoms. The van der Waals surface area contributed by atoms with Crippen molar-refractivity contribution >= 4 is 5.78 Å². The van der Waals surface area contributed by atoms with Crippen LogP contribution in [0.25, 0.3) is 5.69 Å². The minimum absolute atomic E-state index is 0.0830. The summed E-state index contributed by atoms with van der Waals surface area (Å²) in [6.07, 6.45) is 3.09. The van der Waals surface area contributed by atoms with Crippen molar-refractivity contribution in [3.8, 4) is 5.69 Å². The summed E-state index contributed by atoms with van der Waals surface area (Å²) in [4.78, 5) is 24.0. The monoisotopic (exact) mass is 269 g/mol. The zero-order valence-corrected chi connectivity index (χ0v) is 11.3. The number of aromatic nitrogens is 2. The molecule has 1 N–H and O–H groups in total.